The van der Waals surface area contributed by atoms with E-state index in [1.54, 1.807) is 37.3 Å². The van der Waals surface area contributed by atoms with Crippen molar-refractivity contribution in [2.24, 2.45) is 5.73 Å². The maximum absolute atomic E-state index is 14.1. The number of nitrogens with two attached hydrogens (primary N) is 2. The van der Waals surface area contributed by atoms with E-state index in [1.807, 2.05) is 0 Å². The SMILES string of the molecule is Cc1ccc([C@H](C(=O)NC2CCCCC2)N(C(=O)c2snc(C(N)=O)c2N)c2ccc3c(c2)OCO3)o1. The van der Waals surface area contributed by atoms with Gasteiger partial charge in [-0.2, -0.15) is 4.37 Å². The minimum absolute atomic E-state index is 0.0107. The third-order valence-electron chi connectivity index (χ3n) is 6.50. The van der Waals surface area contributed by atoms with Gasteiger partial charge in [-0.05, 0) is 55.6 Å². The summed E-state index contributed by atoms with van der Waals surface area (Å²) in [6.07, 6.45) is 4.89. The predicted octanol–water partition coefficient (Wildman–Crippen LogP) is 3.29. The highest BCUT2D eigenvalue weighted by molar-refractivity contribution is 7.09. The van der Waals surface area contributed by atoms with Crippen molar-refractivity contribution in [3.05, 3.63) is 52.4 Å². The van der Waals surface area contributed by atoms with Gasteiger partial charge in [0.2, 0.25) is 6.79 Å². The summed E-state index contributed by atoms with van der Waals surface area (Å²) >= 11 is 0.741. The number of furan rings is 1. The van der Waals surface area contributed by atoms with Crippen LogP contribution < -0.4 is 31.2 Å². The van der Waals surface area contributed by atoms with E-state index in [4.69, 9.17) is 25.4 Å². The highest BCUT2D eigenvalue weighted by Gasteiger charge is 2.39. The number of fused-ring (bicyclic) bond motifs is 1. The fourth-order valence-corrected chi connectivity index (χ4v) is 5.40. The monoisotopic (exact) mass is 525 g/mol. The predicted molar refractivity (Wildman–Crippen MR) is 136 cm³/mol. The lowest BCUT2D eigenvalue weighted by molar-refractivity contribution is -0.123. The number of ether oxygens (including phenoxy) is 2. The molecule has 1 saturated carbocycles. The summed E-state index contributed by atoms with van der Waals surface area (Å²) in [5, 5.41) is 3.11. The number of nitrogens with one attached hydrogen (secondary N) is 1. The molecular formula is C25H27N5O6S. The maximum atomic E-state index is 14.1. The zero-order chi connectivity index (χ0) is 26.1. The van der Waals surface area contributed by atoms with Gasteiger partial charge < -0.3 is 30.7 Å². The van der Waals surface area contributed by atoms with E-state index >= 15 is 0 Å². The summed E-state index contributed by atoms with van der Waals surface area (Å²) in [6, 6.07) is 7.12. The molecule has 0 spiro atoms. The summed E-state index contributed by atoms with van der Waals surface area (Å²) in [5.74, 6) is -0.0961. The second-order valence-electron chi connectivity index (χ2n) is 9.05. The third kappa shape index (κ3) is 4.84. The smallest absolute Gasteiger partial charge is 0.273 e. The van der Waals surface area contributed by atoms with Gasteiger partial charge in [-0.1, -0.05) is 19.3 Å². The summed E-state index contributed by atoms with van der Waals surface area (Å²) in [5.41, 5.74) is 11.5. The number of benzene rings is 1. The molecule has 12 heteroatoms. The average molecular weight is 526 g/mol. The minimum Gasteiger partial charge on any atom is -0.464 e. The first-order valence-electron chi connectivity index (χ1n) is 12.0. The highest BCUT2D eigenvalue weighted by atomic mass is 32.1. The summed E-state index contributed by atoms with van der Waals surface area (Å²) in [6.45, 7) is 1.80. The normalized spacial score (nSPS) is 15.8. The standard InChI is InChI=1S/C25H27N5O6S/c1-13-7-9-17(36-13)21(24(32)28-14-5-3-2-4-6-14)30(15-8-10-16-18(11-15)35-12-34-16)25(33)22-19(26)20(23(27)31)29-37-22/h7-11,14,21H,2-6,12,26H2,1H3,(H2,27,31)(H,28,32)/t21-/m1/s1. The number of carbonyl (C=O) groups is 3. The van der Waals surface area contributed by atoms with Gasteiger partial charge in [-0.15, -0.1) is 0 Å². The Labute approximate surface area is 216 Å². The van der Waals surface area contributed by atoms with Crippen LogP contribution in [0.3, 0.4) is 0 Å². The highest BCUT2D eigenvalue weighted by Crippen LogP contribution is 2.40. The molecular weight excluding hydrogens is 498 g/mol. The van der Waals surface area contributed by atoms with E-state index < -0.39 is 23.8 Å². The number of nitrogen functional groups attached to an aromatic ring is 1. The zero-order valence-electron chi connectivity index (χ0n) is 20.2. The van der Waals surface area contributed by atoms with Crippen LogP contribution in [0.15, 0.2) is 34.7 Å². The third-order valence-corrected chi connectivity index (χ3v) is 7.35. The van der Waals surface area contributed by atoms with Crippen LogP contribution in [-0.4, -0.2) is 34.9 Å². The Morgan fingerprint density at radius 3 is 2.54 bits per heavy atom. The molecule has 1 aromatic carbocycles. The maximum Gasteiger partial charge on any atom is 0.273 e. The second-order valence-corrected chi connectivity index (χ2v) is 9.82. The molecule has 0 saturated heterocycles. The van der Waals surface area contributed by atoms with Crippen LogP contribution in [0.2, 0.25) is 0 Å². The second kappa shape index (κ2) is 10.1. The number of hydrogen-bond acceptors (Lipinski definition) is 9. The molecule has 3 aromatic rings. The Hall–Kier alpha value is -4.06. The van der Waals surface area contributed by atoms with Crippen LogP contribution in [0.1, 0.15) is 69.8 Å². The van der Waals surface area contributed by atoms with Crippen molar-refractivity contribution in [1.82, 2.24) is 9.69 Å². The fraction of sp³-hybridized carbons (Fsp3) is 0.360. The number of amides is 3. The minimum atomic E-state index is -1.18. The molecule has 194 valence electrons. The number of anilines is 2. The molecule has 2 aliphatic rings. The molecule has 2 aromatic heterocycles. The molecule has 0 radical (unpaired) electrons. The first-order chi connectivity index (χ1) is 17.8. The Morgan fingerprint density at radius 1 is 1.11 bits per heavy atom. The molecule has 3 amide bonds. The van der Waals surface area contributed by atoms with Crippen LogP contribution >= 0.6 is 11.5 Å². The number of carbonyl (C=O) groups excluding carboxylic acids is 3. The van der Waals surface area contributed by atoms with Gasteiger partial charge in [0.15, 0.2) is 23.2 Å². The van der Waals surface area contributed by atoms with Gasteiger partial charge in [0, 0.05) is 17.8 Å². The number of hydrogen-bond donors (Lipinski definition) is 3. The lowest BCUT2D eigenvalue weighted by atomic mass is 9.95. The Kier molecular flexibility index (Phi) is 6.74. The van der Waals surface area contributed by atoms with E-state index in [9.17, 15) is 14.4 Å². The topological polar surface area (TPSA) is 163 Å². The average Bonchev–Trinajstić information content (AvgIpc) is 3.61. The van der Waals surface area contributed by atoms with Gasteiger partial charge in [0.05, 0.1) is 5.69 Å². The summed E-state index contributed by atoms with van der Waals surface area (Å²) in [4.78, 5) is 41.0. The lowest BCUT2D eigenvalue weighted by Gasteiger charge is -2.32. The van der Waals surface area contributed by atoms with Crippen LogP contribution in [0.25, 0.3) is 0 Å². The van der Waals surface area contributed by atoms with E-state index in [1.165, 1.54) is 4.90 Å². The first-order valence-corrected chi connectivity index (χ1v) is 12.8. The van der Waals surface area contributed by atoms with Crippen molar-refractivity contribution in [1.29, 1.82) is 0 Å². The van der Waals surface area contributed by atoms with E-state index in [-0.39, 0.29) is 34.9 Å². The molecule has 1 aliphatic heterocycles. The van der Waals surface area contributed by atoms with E-state index in [2.05, 4.69) is 9.69 Å². The molecule has 1 aliphatic carbocycles. The summed E-state index contributed by atoms with van der Waals surface area (Å²) in [7, 11) is 0. The summed E-state index contributed by atoms with van der Waals surface area (Å²) < 4.78 is 20.8. The molecule has 5 rings (SSSR count). The largest absolute Gasteiger partial charge is 0.464 e. The van der Waals surface area contributed by atoms with Gasteiger partial charge in [-0.25, -0.2) is 0 Å². The Morgan fingerprint density at radius 2 is 1.86 bits per heavy atom. The van der Waals surface area contributed by atoms with Gasteiger partial charge >= 0.3 is 0 Å². The van der Waals surface area contributed by atoms with Crippen molar-refractivity contribution >= 4 is 40.6 Å². The quantitative estimate of drug-likeness (QED) is 0.423. The number of aromatic nitrogens is 1. The fourth-order valence-electron chi connectivity index (χ4n) is 4.66. The molecule has 11 nitrogen and oxygen atoms in total. The van der Waals surface area contributed by atoms with Gasteiger partial charge in [0.1, 0.15) is 16.4 Å². The molecule has 1 atom stereocenters. The lowest BCUT2D eigenvalue weighted by Crippen LogP contribution is -2.47. The van der Waals surface area contributed by atoms with E-state index in [0.717, 1.165) is 43.6 Å². The van der Waals surface area contributed by atoms with Crippen LogP contribution in [-0.2, 0) is 4.79 Å². The zero-order valence-corrected chi connectivity index (χ0v) is 21.0. The number of nitrogens with zero attached hydrogens (tertiary/aromatic N) is 2. The van der Waals surface area contributed by atoms with Crippen LogP contribution in [0.5, 0.6) is 11.5 Å². The van der Waals surface area contributed by atoms with Crippen molar-refractivity contribution in [3.8, 4) is 11.5 Å². The Bertz CT molecular complexity index is 1350. The van der Waals surface area contributed by atoms with Gasteiger partial charge in [-0.3, -0.25) is 19.3 Å². The van der Waals surface area contributed by atoms with Crippen molar-refractivity contribution < 1.29 is 28.3 Å². The molecule has 3 heterocycles. The number of aryl methyl sites for hydroxylation is 1. The van der Waals surface area contributed by atoms with E-state index in [0.29, 0.717) is 22.9 Å². The molecule has 5 N–H and O–H groups in total. The van der Waals surface area contributed by atoms with Gasteiger partial charge in [0.25, 0.3) is 17.7 Å². The molecule has 0 bridgehead atoms. The molecule has 37 heavy (non-hydrogen) atoms. The first kappa shape index (κ1) is 24.6. The Balaban J connectivity index is 1.61. The molecule has 1 fully saturated rings. The van der Waals surface area contributed by atoms with Crippen LogP contribution in [0.4, 0.5) is 11.4 Å². The number of rotatable bonds is 7. The number of primary amides is 1. The van der Waals surface area contributed by atoms with Crippen molar-refractivity contribution in [3.63, 3.8) is 0 Å². The van der Waals surface area contributed by atoms with Crippen molar-refractivity contribution in [2.45, 2.75) is 51.1 Å². The van der Waals surface area contributed by atoms with Crippen LogP contribution in [0, 0.1) is 6.92 Å². The molecule has 0 unspecified atom stereocenters. The van der Waals surface area contributed by atoms with Crippen molar-refractivity contribution in [2.75, 3.05) is 17.4 Å².